The lowest BCUT2D eigenvalue weighted by molar-refractivity contribution is -0.151. The van der Waals surface area contributed by atoms with Crippen molar-refractivity contribution in [2.75, 3.05) is 12.1 Å². The van der Waals surface area contributed by atoms with E-state index in [0.717, 1.165) is 16.9 Å². The van der Waals surface area contributed by atoms with Crippen LogP contribution in [0.4, 0.5) is 11.4 Å². The molecule has 1 saturated carbocycles. The summed E-state index contributed by atoms with van der Waals surface area (Å²) in [5, 5.41) is 3.37. The Kier molecular flexibility index (Phi) is 5.36. The van der Waals surface area contributed by atoms with Crippen LogP contribution in [0.15, 0.2) is 72.8 Å². The number of hydrogen-bond acceptors (Lipinski definition) is 6. The van der Waals surface area contributed by atoms with Crippen LogP contribution >= 0.6 is 0 Å². The van der Waals surface area contributed by atoms with Crippen LogP contribution in [-0.2, 0) is 9.53 Å². The minimum atomic E-state index is -0.377. The summed E-state index contributed by atoms with van der Waals surface area (Å²) in [4.78, 5) is 13.0. The van der Waals surface area contributed by atoms with Gasteiger partial charge in [-0.1, -0.05) is 44.2 Å². The van der Waals surface area contributed by atoms with Crippen molar-refractivity contribution >= 4 is 17.3 Å². The standard InChI is InChI=1S/C27H27NO5/c1-17(18-8-7-11-20(14-18)28-19-9-5-4-6-10-19)32-26(29)24-25(27(24,2)3)33-21-12-13-22-23(15-21)31-16-30-22/h4-15,17,24-25,28H,16H2,1-3H3. The number of ether oxygens (including phenoxy) is 4. The predicted molar refractivity (Wildman–Crippen MR) is 125 cm³/mol. The Labute approximate surface area is 193 Å². The Morgan fingerprint density at radius 1 is 0.970 bits per heavy atom. The first-order chi connectivity index (χ1) is 15.9. The third-order valence-electron chi connectivity index (χ3n) is 6.30. The van der Waals surface area contributed by atoms with Gasteiger partial charge in [0.05, 0.1) is 0 Å². The largest absolute Gasteiger partial charge is 0.489 e. The number of anilines is 2. The van der Waals surface area contributed by atoms with Crippen molar-refractivity contribution in [3.05, 3.63) is 78.4 Å². The molecule has 2 aliphatic rings. The second-order valence-electron chi connectivity index (χ2n) is 9.05. The minimum absolute atomic E-state index is 0.211. The number of para-hydroxylation sites is 1. The molecule has 0 saturated heterocycles. The highest BCUT2D eigenvalue weighted by Gasteiger charge is 2.65. The molecule has 0 aromatic heterocycles. The monoisotopic (exact) mass is 445 g/mol. The SMILES string of the molecule is CC(OC(=O)C1C(Oc2ccc3c(c2)OCO3)C1(C)C)c1cccc(Nc2ccccc2)c1. The molecule has 3 unspecified atom stereocenters. The topological polar surface area (TPSA) is 66.0 Å². The Balaban J connectivity index is 1.22. The zero-order chi connectivity index (χ0) is 23.0. The fourth-order valence-electron chi connectivity index (χ4n) is 4.21. The molecule has 1 aliphatic heterocycles. The van der Waals surface area contributed by atoms with Gasteiger partial charge in [-0.3, -0.25) is 4.79 Å². The molecule has 6 heteroatoms. The predicted octanol–water partition coefficient (Wildman–Crippen LogP) is 5.87. The van der Waals surface area contributed by atoms with Crippen molar-refractivity contribution in [3.8, 4) is 17.2 Å². The summed E-state index contributed by atoms with van der Waals surface area (Å²) in [7, 11) is 0. The smallest absolute Gasteiger partial charge is 0.314 e. The van der Waals surface area contributed by atoms with Crippen molar-refractivity contribution in [2.45, 2.75) is 33.0 Å². The fraction of sp³-hybridized carbons (Fsp3) is 0.296. The molecule has 1 fully saturated rings. The summed E-state index contributed by atoms with van der Waals surface area (Å²) in [5.41, 5.74) is 2.56. The molecular weight excluding hydrogens is 418 g/mol. The molecule has 3 aromatic rings. The Bertz CT molecular complexity index is 1160. The van der Waals surface area contributed by atoms with E-state index < -0.39 is 0 Å². The van der Waals surface area contributed by atoms with Gasteiger partial charge in [0, 0.05) is 22.9 Å². The van der Waals surface area contributed by atoms with Gasteiger partial charge in [-0.25, -0.2) is 0 Å². The van der Waals surface area contributed by atoms with Crippen LogP contribution in [0.2, 0.25) is 0 Å². The maximum Gasteiger partial charge on any atom is 0.314 e. The van der Waals surface area contributed by atoms with Crippen LogP contribution in [-0.4, -0.2) is 18.9 Å². The van der Waals surface area contributed by atoms with Crippen LogP contribution in [0.3, 0.4) is 0 Å². The fourth-order valence-corrected chi connectivity index (χ4v) is 4.21. The van der Waals surface area contributed by atoms with E-state index in [1.807, 2.05) is 87.5 Å². The van der Waals surface area contributed by atoms with Gasteiger partial charge in [0.15, 0.2) is 11.5 Å². The number of esters is 1. The van der Waals surface area contributed by atoms with E-state index in [4.69, 9.17) is 18.9 Å². The van der Waals surface area contributed by atoms with Crippen molar-refractivity contribution in [1.29, 1.82) is 0 Å². The molecule has 3 atom stereocenters. The molecule has 170 valence electrons. The Morgan fingerprint density at radius 3 is 2.55 bits per heavy atom. The van der Waals surface area contributed by atoms with E-state index in [9.17, 15) is 4.79 Å². The molecule has 0 amide bonds. The Hall–Kier alpha value is -3.67. The molecule has 1 aliphatic carbocycles. The van der Waals surface area contributed by atoms with Crippen LogP contribution in [0.5, 0.6) is 17.2 Å². The van der Waals surface area contributed by atoms with E-state index in [-0.39, 0.29) is 36.3 Å². The first-order valence-corrected chi connectivity index (χ1v) is 11.1. The minimum Gasteiger partial charge on any atom is -0.489 e. The number of fused-ring (bicyclic) bond motifs is 1. The van der Waals surface area contributed by atoms with E-state index in [1.165, 1.54) is 0 Å². The highest BCUT2D eigenvalue weighted by Crippen LogP contribution is 2.55. The summed E-state index contributed by atoms with van der Waals surface area (Å²) in [6, 6.07) is 23.3. The zero-order valence-electron chi connectivity index (χ0n) is 18.9. The normalized spacial score (nSPS) is 20.6. The lowest BCUT2D eigenvalue weighted by atomic mass is 10.1. The maximum atomic E-state index is 13.0. The van der Waals surface area contributed by atoms with Crippen LogP contribution in [0.1, 0.15) is 32.4 Å². The molecule has 1 heterocycles. The lowest BCUT2D eigenvalue weighted by Crippen LogP contribution is -2.15. The van der Waals surface area contributed by atoms with Crippen molar-refractivity contribution < 1.29 is 23.7 Å². The number of carbonyl (C=O) groups is 1. The van der Waals surface area contributed by atoms with Crippen molar-refractivity contribution in [2.24, 2.45) is 11.3 Å². The van der Waals surface area contributed by atoms with Gasteiger partial charge >= 0.3 is 5.97 Å². The average molecular weight is 446 g/mol. The first-order valence-electron chi connectivity index (χ1n) is 11.1. The number of hydrogen-bond donors (Lipinski definition) is 1. The third kappa shape index (κ3) is 4.33. The summed E-state index contributed by atoms with van der Waals surface area (Å²) < 4.78 is 22.7. The second kappa shape index (κ2) is 8.35. The molecule has 33 heavy (non-hydrogen) atoms. The average Bonchev–Trinajstić information content (AvgIpc) is 3.11. The molecule has 5 rings (SSSR count). The molecular formula is C27H27NO5. The third-order valence-corrected chi connectivity index (χ3v) is 6.30. The van der Waals surface area contributed by atoms with Gasteiger partial charge in [-0.15, -0.1) is 0 Å². The van der Waals surface area contributed by atoms with Gasteiger partial charge in [-0.05, 0) is 48.9 Å². The van der Waals surface area contributed by atoms with Crippen LogP contribution < -0.4 is 19.5 Å². The summed E-state index contributed by atoms with van der Waals surface area (Å²) in [6.07, 6.45) is -0.638. The van der Waals surface area contributed by atoms with Gasteiger partial charge < -0.3 is 24.3 Å². The molecule has 0 bridgehead atoms. The van der Waals surface area contributed by atoms with E-state index in [0.29, 0.717) is 17.2 Å². The number of carbonyl (C=O) groups excluding carboxylic acids is 1. The van der Waals surface area contributed by atoms with Gasteiger partial charge in [-0.2, -0.15) is 0 Å². The van der Waals surface area contributed by atoms with Crippen molar-refractivity contribution in [1.82, 2.24) is 0 Å². The lowest BCUT2D eigenvalue weighted by Gasteiger charge is -2.16. The number of rotatable bonds is 7. The maximum absolute atomic E-state index is 13.0. The summed E-state index contributed by atoms with van der Waals surface area (Å²) in [6.45, 7) is 6.14. The Morgan fingerprint density at radius 2 is 1.73 bits per heavy atom. The van der Waals surface area contributed by atoms with Gasteiger partial charge in [0.2, 0.25) is 6.79 Å². The van der Waals surface area contributed by atoms with E-state index in [1.54, 1.807) is 6.07 Å². The van der Waals surface area contributed by atoms with Gasteiger partial charge in [0.1, 0.15) is 23.9 Å². The summed E-state index contributed by atoms with van der Waals surface area (Å²) in [5.74, 6) is 1.42. The molecule has 3 aromatic carbocycles. The highest BCUT2D eigenvalue weighted by atomic mass is 16.7. The van der Waals surface area contributed by atoms with Crippen LogP contribution in [0.25, 0.3) is 0 Å². The highest BCUT2D eigenvalue weighted by molar-refractivity contribution is 5.79. The van der Waals surface area contributed by atoms with Gasteiger partial charge in [0.25, 0.3) is 0 Å². The first kappa shape index (κ1) is 21.2. The van der Waals surface area contributed by atoms with Crippen molar-refractivity contribution in [3.63, 3.8) is 0 Å². The molecule has 0 spiro atoms. The number of benzene rings is 3. The van der Waals surface area contributed by atoms with Crippen LogP contribution in [0, 0.1) is 11.3 Å². The molecule has 1 N–H and O–H groups in total. The quantitative estimate of drug-likeness (QED) is 0.459. The molecule has 0 radical (unpaired) electrons. The summed E-state index contributed by atoms with van der Waals surface area (Å²) >= 11 is 0. The second-order valence-corrected chi connectivity index (χ2v) is 9.05. The van der Waals surface area contributed by atoms with E-state index in [2.05, 4.69) is 5.32 Å². The number of nitrogens with one attached hydrogen (secondary N) is 1. The molecule has 6 nitrogen and oxygen atoms in total. The zero-order valence-corrected chi connectivity index (χ0v) is 18.9. The van der Waals surface area contributed by atoms with E-state index >= 15 is 0 Å².